The Labute approximate surface area is 108 Å². The molecule has 0 aromatic heterocycles. The normalized spacial score (nSPS) is 11.3. The predicted octanol–water partition coefficient (Wildman–Crippen LogP) is 2.35. The third-order valence-electron chi connectivity index (χ3n) is 2.33. The zero-order valence-electron chi connectivity index (χ0n) is 9.60. The van der Waals surface area contributed by atoms with E-state index in [1.54, 1.807) is 6.07 Å². The minimum Gasteiger partial charge on any atom is -0.399 e. The highest BCUT2D eigenvalue weighted by Crippen LogP contribution is 2.22. The summed E-state index contributed by atoms with van der Waals surface area (Å²) < 4.78 is 52.8. The lowest BCUT2D eigenvalue weighted by Gasteiger charge is -2.09. The van der Waals surface area contributed by atoms with Crippen molar-refractivity contribution in [2.24, 2.45) is 0 Å². The molecule has 2 rings (SSSR count). The molecule has 0 aliphatic carbocycles. The van der Waals surface area contributed by atoms with Crippen LogP contribution in [0.4, 0.5) is 20.2 Å². The number of anilines is 2. The third-order valence-corrected chi connectivity index (χ3v) is 3.76. The molecule has 0 aliphatic heterocycles. The topological polar surface area (TPSA) is 72.2 Å². The summed E-state index contributed by atoms with van der Waals surface area (Å²) >= 11 is 0. The fourth-order valence-corrected chi connectivity index (χ4v) is 2.74. The first-order chi connectivity index (χ1) is 8.90. The van der Waals surface area contributed by atoms with Gasteiger partial charge in [0.1, 0.15) is 11.6 Å². The molecule has 3 N–H and O–H groups in total. The quantitative estimate of drug-likeness (QED) is 0.850. The second-order valence-electron chi connectivity index (χ2n) is 3.78. The van der Waals surface area contributed by atoms with E-state index in [1.807, 2.05) is 0 Å². The van der Waals surface area contributed by atoms with Crippen LogP contribution >= 0.6 is 0 Å². The average Bonchev–Trinajstić information content (AvgIpc) is 2.27. The molecule has 0 heterocycles. The maximum atomic E-state index is 13.4. The minimum absolute atomic E-state index is 0.127. The Bertz CT molecular complexity index is 697. The number of nitrogens with one attached hydrogen (secondary N) is 1. The Morgan fingerprint density at radius 1 is 1.00 bits per heavy atom. The summed E-state index contributed by atoms with van der Waals surface area (Å²) in [5, 5.41) is 0. The zero-order valence-corrected chi connectivity index (χ0v) is 10.4. The van der Waals surface area contributed by atoms with E-state index in [1.165, 1.54) is 18.2 Å². The molecule has 0 saturated heterocycles. The van der Waals surface area contributed by atoms with Crippen LogP contribution in [-0.2, 0) is 10.0 Å². The number of hydrogen-bond acceptors (Lipinski definition) is 3. The maximum absolute atomic E-state index is 13.4. The monoisotopic (exact) mass is 284 g/mol. The van der Waals surface area contributed by atoms with Crippen LogP contribution in [0.15, 0.2) is 47.4 Å². The maximum Gasteiger partial charge on any atom is 0.267 e. The predicted molar refractivity (Wildman–Crippen MR) is 68.0 cm³/mol. The van der Waals surface area contributed by atoms with Crippen molar-refractivity contribution in [1.82, 2.24) is 0 Å². The van der Waals surface area contributed by atoms with Crippen molar-refractivity contribution in [2.45, 2.75) is 4.90 Å². The van der Waals surface area contributed by atoms with E-state index in [9.17, 15) is 17.2 Å². The first kappa shape index (κ1) is 13.3. The van der Waals surface area contributed by atoms with Crippen molar-refractivity contribution in [3.63, 3.8) is 0 Å². The van der Waals surface area contributed by atoms with Crippen molar-refractivity contribution in [2.75, 3.05) is 10.5 Å². The highest BCUT2D eigenvalue weighted by molar-refractivity contribution is 7.92. The molecule has 2 aromatic rings. The molecule has 0 fully saturated rings. The molecule has 0 aliphatic rings. The van der Waals surface area contributed by atoms with Gasteiger partial charge in [-0.05, 0) is 30.3 Å². The van der Waals surface area contributed by atoms with Crippen LogP contribution in [-0.4, -0.2) is 8.42 Å². The first-order valence-electron chi connectivity index (χ1n) is 5.22. The largest absolute Gasteiger partial charge is 0.399 e. The van der Waals surface area contributed by atoms with E-state index in [4.69, 9.17) is 5.73 Å². The SMILES string of the molecule is Nc1cccc(NS(=O)(=O)c2c(F)cccc2F)c1. The summed E-state index contributed by atoms with van der Waals surface area (Å²) in [4.78, 5) is -1.02. The summed E-state index contributed by atoms with van der Waals surface area (Å²) in [7, 11) is -4.35. The van der Waals surface area contributed by atoms with Crippen LogP contribution in [0.5, 0.6) is 0 Å². The highest BCUT2D eigenvalue weighted by atomic mass is 32.2. The molecule has 0 spiro atoms. The second kappa shape index (κ2) is 4.85. The molecule has 0 saturated carbocycles. The van der Waals surface area contributed by atoms with Gasteiger partial charge in [0.25, 0.3) is 10.0 Å². The number of sulfonamides is 1. The van der Waals surface area contributed by atoms with E-state index in [-0.39, 0.29) is 5.69 Å². The van der Waals surface area contributed by atoms with Crippen molar-refractivity contribution in [3.8, 4) is 0 Å². The van der Waals surface area contributed by atoms with Crippen LogP contribution in [0.2, 0.25) is 0 Å². The lowest BCUT2D eigenvalue weighted by atomic mass is 10.3. The van der Waals surface area contributed by atoms with Crippen molar-refractivity contribution >= 4 is 21.4 Å². The van der Waals surface area contributed by atoms with Crippen LogP contribution in [0.3, 0.4) is 0 Å². The Hall–Kier alpha value is -2.15. The molecule has 0 amide bonds. The standard InChI is InChI=1S/C12H10F2N2O2S/c13-10-5-2-6-11(14)12(10)19(17,18)16-9-4-1-3-8(15)7-9/h1-7,16H,15H2. The van der Waals surface area contributed by atoms with Crippen LogP contribution in [0.25, 0.3) is 0 Å². The van der Waals surface area contributed by atoms with Gasteiger partial charge in [0.05, 0.1) is 5.69 Å². The van der Waals surface area contributed by atoms with E-state index in [0.29, 0.717) is 5.69 Å². The summed E-state index contributed by atoms with van der Waals surface area (Å²) in [6, 6.07) is 8.67. The van der Waals surface area contributed by atoms with Gasteiger partial charge >= 0.3 is 0 Å². The molecule has 0 bridgehead atoms. The van der Waals surface area contributed by atoms with Crippen LogP contribution in [0.1, 0.15) is 0 Å². The molecular weight excluding hydrogens is 274 g/mol. The summed E-state index contributed by atoms with van der Waals surface area (Å²) in [5.74, 6) is -2.31. The molecule has 4 nitrogen and oxygen atoms in total. The molecular formula is C12H10F2N2O2S. The third kappa shape index (κ3) is 2.82. The number of rotatable bonds is 3. The van der Waals surface area contributed by atoms with Crippen LogP contribution < -0.4 is 10.5 Å². The summed E-state index contributed by atoms with van der Waals surface area (Å²) in [5.41, 5.74) is 5.95. The van der Waals surface area contributed by atoms with Gasteiger partial charge in [0.2, 0.25) is 0 Å². The van der Waals surface area contributed by atoms with Gasteiger partial charge in [0, 0.05) is 5.69 Å². The Morgan fingerprint density at radius 2 is 1.58 bits per heavy atom. The van der Waals surface area contributed by atoms with Gasteiger partial charge in [-0.15, -0.1) is 0 Å². The first-order valence-corrected chi connectivity index (χ1v) is 6.71. The van der Waals surface area contributed by atoms with E-state index < -0.39 is 26.6 Å². The van der Waals surface area contributed by atoms with Gasteiger partial charge in [-0.1, -0.05) is 12.1 Å². The van der Waals surface area contributed by atoms with Crippen molar-refractivity contribution in [3.05, 3.63) is 54.1 Å². The van der Waals surface area contributed by atoms with E-state index in [0.717, 1.165) is 18.2 Å². The fourth-order valence-electron chi connectivity index (χ4n) is 1.55. The number of benzene rings is 2. The Balaban J connectivity index is 2.44. The number of nitrogens with two attached hydrogens (primary N) is 1. The second-order valence-corrected chi connectivity index (χ2v) is 5.40. The Morgan fingerprint density at radius 3 is 2.16 bits per heavy atom. The van der Waals surface area contributed by atoms with E-state index in [2.05, 4.69) is 4.72 Å². The van der Waals surface area contributed by atoms with Crippen LogP contribution in [0, 0.1) is 11.6 Å². The molecule has 0 unspecified atom stereocenters. The minimum atomic E-state index is -4.35. The summed E-state index contributed by atoms with van der Waals surface area (Å²) in [6.45, 7) is 0. The zero-order chi connectivity index (χ0) is 14.0. The number of nitrogen functional groups attached to an aromatic ring is 1. The fraction of sp³-hybridized carbons (Fsp3) is 0. The molecule has 2 aromatic carbocycles. The van der Waals surface area contributed by atoms with Gasteiger partial charge in [-0.3, -0.25) is 4.72 Å². The van der Waals surface area contributed by atoms with E-state index >= 15 is 0 Å². The highest BCUT2D eigenvalue weighted by Gasteiger charge is 2.23. The lowest BCUT2D eigenvalue weighted by Crippen LogP contribution is -2.16. The Kier molecular flexibility index (Phi) is 3.39. The number of halogens is 2. The smallest absolute Gasteiger partial charge is 0.267 e. The average molecular weight is 284 g/mol. The van der Waals surface area contributed by atoms with Gasteiger partial charge in [-0.25, -0.2) is 17.2 Å². The van der Waals surface area contributed by atoms with Crippen molar-refractivity contribution < 1.29 is 17.2 Å². The van der Waals surface area contributed by atoms with Gasteiger partial charge in [0.15, 0.2) is 4.90 Å². The van der Waals surface area contributed by atoms with Gasteiger partial charge in [-0.2, -0.15) is 0 Å². The molecule has 19 heavy (non-hydrogen) atoms. The molecule has 0 radical (unpaired) electrons. The summed E-state index contributed by atoms with van der Waals surface area (Å²) in [6.07, 6.45) is 0. The molecule has 100 valence electrons. The van der Waals surface area contributed by atoms with Crippen molar-refractivity contribution in [1.29, 1.82) is 0 Å². The lowest BCUT2D eigenvalue weighted by molar-refractivity contribution is 0.521. The molecule has 0 atom stereocenters. The molecule has 7 heteroatoms. The number of hydrogen-bond donors (Lipinski definition) is 2. The van der Waals surface area contributed by atoms with Gasteiger partial charge < -0.3 is 5.73 Å².